The van der Waals surface area contributed by atoms with Gasteiger partial charge in [-0.1, -0.05) is 5.18 Å². The molecule has 0 aromatic carbocycles. The Morgan fingerprint density at radius 3 is 2.67 bits per heavy atom. The Balaban J connectivity index is 1.90. The number of nitrogens with zero attached hydrogens (tertiary/aromatic N) is 2. The highest BCUT2D eigenvalue weighted by Crippen LogP contribution is 2.52. The van der Waals surface area contributed by atoms with E-state index in [-0.39, 0.29) is 23.5 Å². The van der Waals surface area contributed by atoms with Crippen LogP contribution in [0, 0.1) is 21.6 Å². The van der Waals surface area contributed by atoms with Crippen molar-refractivity contribution in [3.8, 4) is 0 Å². The number of hydrogen-bond acceptors (Lipinski definition) is 7. The third kappa shape index (κ3) is 5.59. The summed E-state index contributed by atoms with van der Waals surface area (Å²) < 4.78 is 5.77. The highest BCUT2D eigenvalue weighted by Gasteiger charge is 2.48. The van der Waals surface area contributed by atoms with E-state index in [1.165, 1.54) is 0 Å². The van der Waals surface area contributed by atoms with Crippen LogP contribution in [0.1, 0.15) is 45.4 Å². The number of nitrogens with one attached hydrogen (secondary N) is 2. The summed E-state index contributed by atoms with van der Waals surface area (Å²) in [6.07, 6.45) is 7.42. The Hall–Kier alpha value is -1.31. The molecule has 2 unspecified atom stereocenters. The lowest BCUT2D eigenvalue weighted by molar-refractivity contribution is 0.0442. The molecular formula is C20H37N5O2. The van der Waals surface area contributed by atoms with Crippen LogP contribution in [-0.2, 0) is 4.74 Å². The summed E-state index contributed by atoms with van der Waals surface area (Å²) in [5.74, 6) is 0.261. The Kier molecular flexibility index (Phi) is 8.38. The lowest BCUT2D eigenvalue weighted by atomic mass is 9.67. The van der Waals surface area contributed by atoms with Gasteiger partial charge >= 0.3 is 0 Å². The molecule has 2 saturated carbocycles. The van der Waals surface area contributed by atoms with E-state index in [2.05, 4.69) is 22.4 Å². The van der Waals surface area contributed by atoms with Crippen LogP contribution in [0.5, 0.6) is 0 Å². The quantitative estimate of drug-likeness (QED) is 0.400. The largest absolute Gasteiger partial charge is 0.404 e. The molecule has 2 aliphatic rings. The molecule has 4 N–H and O–H groups in total. The molecule has 7 nitrogen and oxygen atoms in total. The number of hydrogen-bond donors (Lipinski definition) is 3. The Labute approximate surface area is 163 Å². The molecule has 0 aliphatic heterocycles. The first-order valence-corrected chi connectivity index (χ1v) is 10.3. The second kappa shape index (κ2) is 10.3. The maximum absolute atomic E-state index is 11.2. The molecular weight excluding hydrogens is 342 g/mol. The minimum absolute atomic E-state index is 0.0242. The monoisotopic (exact) mass is 379 g/mol. The van der Waals surface area contributed by atoms with Gasteiger partial charge in [-0.2, -0.15) is 4.91 Å². The molecule has 2 fully saturated rings. The van der Waals surface area contributed by atoms with Crippen LogP contribution in [0.4, 0.5) is 0 Å². The zero-order chi connectivity index (χ0) is 19.9. The third-order valence-electron chi connectivity index (χ3n) is 6.41. The van der Waals surface area contributed by atoms with Crippen LogP contribution in [0.2, 0.25) is 0 Å². The van der Waals surface area contributed by atoms with Crippen LogP contribution in [0.3, 0.4) is 0 Å². The summed E-state index contributed by atoms with van der Waals surface area (Å²) >= 11 is 0. The molecule has 27 heavy (non-hydrogen) atoms. The van der Waals surface area contributed by atoms with Gasteiger partial charge in [0.1, 0.15) is 6.04 Å². The maximum Gasteiger partial charge on any atom is 0.119 e. The van der Waals surface area contributed by atoms with E-state index in [0.29, 0.717) is 18.9 Å². The van der Waals surface area contributed by atoms with E-state index >= 15 is 0 Å². The fourth-order valence-corrected chi connectivity index (χ4v) is 4.80. The van der Waals surface area contributed by atoms with Gasteiger partial charge in [0.05, 0.1) is 6.10 Å². The maximum atomic E-state index is 11.2. The number of rotatable bonds is 10. The van der Waals surface area contributed by atoms with E-state index in [1.807, 2.05) is 14.0 Å². The fraction of sp³-hybridized carbons (Fsp3) is 0.850. The van der Waals surface area contributed by atoms with Crippen LogP contribution in [0.15, 0.2) is 16.9 Å². The van der Waals surface area contributed by atoms with Gasteiger partial charge in [0.2, 0.25) is 0 Å². The molecule has 0 heterocycles. The first-order valence-electron chi connectivity index (χ1n) is 10.3. The Morgan fingerprint density at radius 1 is 1.41 bits per heavy atom. The molecule has 0 aromatic heterocycles. The minimum Gasteiger partial charge on any atom is -0.404 e. The first-order chi connectivity index (χ1) is 13.0. The lowest BCUT2D eigenvalue weighted by Gasteiger charge is -2.38. The van der Waals surface area contributed by atoms with Gasteiger partial charge in [0.25, 0.3) is 0 Å². The topological polar surface area (TPSA) is 104 Å². The number of nitrogens with two attached hydrogens (primary N) is 1. The Morgan fingerprint density at radius 2 is 2.11 bits per heavy atom. The van der Waals surface area contributed by atoms with Crippen molar-refractivity contribution in [2.24, 2.45) is 22.2 Å². The van der Waals surface area contributed by atoms with Crippen molar-refractivity contribution in [3.05, 3.63) is 16.7 Å². The first kappa shape index (κ1) is 22.0. The van der Waals surface area contributed by atoms with Gasteiger partial charge < -0.3 is 26.1 Å². The number of likely N-dealkylation sites (N-methyl/N-ethyl adjacent to an activating group) is 2. The van der Waals surface area contributed by atoms with E-state index in [9.17, 15) is 4.91 Å². The van der Waals surface area contributed by atoms with Crippen molar-refractivity contribution in [1.82, 2.24) is 10.2 Å². The van der Waals surface area contributed by atoms with Crippen molar-refractivity contribution in [1.29, 1.82) is 5.41 Å². The van der Waals surface area contributed by atoms with Crippen LogP contribution in [-0.4, -0.2) is 63.1 Å². The second-order valence-electron chi connectivity index (χ2n) is 8.30. The molecule has 0 saturated heterocycles. The Bertz CT molecular complexity index is 528. The molecule has 2 rings (SSSR count). The SMILES string of the molecule is CCOC1CC2(CCC(C(=N)/C(=C\N)CN(C)CCNC)CC2)CC1N=O. The summed E-state index contributed by atoms with van der Waals surface area (Å²) in [5, 5.41) is 15.1. The summed E-state index contributed by atoms with van der Waals surface area (Å²) in [7, 11) is 4.00. The number of ether oxygens (including phenoxy) is 1. The molecule has 0 amide bonds. The van der Waals surface area contributed by atoms with Gasteiger partial charge in [-0.25, -0.2) is 0 Å². The highest BCUT2D eigenvalue weighted by molar-refractivity contribution is 5.99. The van der Waals surface area contributed by atoms with Gasteiger partial charge in [0, 0.05) is 49.6 Å². The normalized spacial score (nSPS) is 31.6. The van der Waals surface area contributed by atoms with Crippen molar-refractivity contribution in [2.45, 2.75) is 57.6 Å². The molecule has 2 atom stereocenters. The lowest BCUT2D eigenvalue weighted by Crippen LogP contribution is -2.34. The minimum atomic E-state index is -0.207. The smallest absolute Gasteiger partial charge is 0.119 e. The van der Waals surface area contributed by atoms with Crippen LogP contribution >= 0.6 is 0 Å². The standard InChI is InChI=1S/C20H37N5O2/c1-4-27-18-12-20(11-17(18)24-26)7-5-15(6-8-20)19(22)16(13-21)14-25(3)10-9-23-2/h13,15,17-18,22-23H,4-12,14,21H2,1-3H3/b16-13-,22-19?. The summed E-state index contributed by atoms with van der Waals surface area (Å²) in [6.45, 7) is 5.15. The second-order valence-corrected chi connectivity index (χ2v) is 8.30. The highest BCUT2D eigenvalue weighted by atomic mass is 16.5. The molecule has 0 radical (unpaired) electrons. The van der Waals surface area contributed by atoms with Crippen molar-refractivity contribution in [3.63, 3.8) is 0 Å². The zero-order valence-electron chi connectivity index (χ0n) is 17.2. The summed E-state index contributed by atoms with van der Waals surface area (Å²) in [4.78, 5) is 13.4. The predicted molar refractivity (Wildman–Crippen MR) is 110 cm³/mol. The third-order valence-corrected chi connectivity index (χ3v) is 6.41. The molecule has 154 valence electrons. The summed E-state index contributed by atoms with van der Waals surface area (Å²) in [5.41, 5.74) is 7.64. The van der Waals surface area contributed by atoms with E-state index in [0.717, 1.165) is 57.2 Å². The molecule has 1 spiro atoms. The van der Waals surface area contributed by atoms with Crippen LogP contribution < -0.4 is 11.1 Å². The van der Waals surface area contributed by atoms with Gasteiger partial charge in [-0.05, 0) is 65.0 Å². The van der Waals surface area contributed by atoms with E-state index in [1.54, 1.807) is 6.20 Å². The number of nitroso groups, excluding NO2 is 1. The fourth-order valence-electron chi connectivity index (χ4n) is 4.80. The predicted octanol–water partition coefficient (Wildman–Crippen LogP) is 2.51. The van der Waals surface area contributed by atoms with E-state index < -0.39 is 0 Å². The molecule has 0 bridgehead atoms. The molecule has 0 aromatic rings. The van der Waals surface area contributed by atoms with Crippen LogP contribution in [0.25, 0.3) is 0 Å². The van der Waals surface area contributed by atoms with Gasteiger partial charge in [0.15, 0.2) is 0 Å². The molecule has 2 aliphatic carbocycles. The van der Waals surface area contributed by atoms with Crippen molar-refractivity contribution >= 4 is 5.71 Å². The summed E-state index contributed by atoms with van der Waals surface area (Å²) in [6, 6.07) is -0.207. The van der Waals surface area contributed by atoms with E-state index in [4.69, 9.17) is 15.9 Å². The van der Waals surface area contributed by atoms with Crippen molar-refractivity contribution < 1.29 is 4.74 Å². The zero-order valence-corrected chi connectivity index (χ0v) is 17.2. The van der Waals surface area contributed by atoms with Gasteiger partial charge in [-0.3, -0.25) is 0 Å². The average Bonchev–Trinajstić information content (AvgIpc) is 3.01. The average molecular weight is 380 g/mol. The van der Waals surface area contributed by atoms with Gasteiger partial charge in [-0.15, -0.1) is 0 Å². The molecule has 7 heteroatoms. The van der Waals surface area contributed by atoms with Crippen molar-refractivity contribution in [2.75, 3.05) is 40.3 Å².